The SMILES string of the molecule is Nc1ccccc1-c1ccc(COCc2ccc(-c3ccccc3N)cc2)cc1. The standard InChI is InChI=1S/C26H24N2O/c27-25-7-3-1-5-23(25)21-13-9-19(10-14-21)17-29-18-20-11-15-22(16-12-20)24-6-2-4-8-26(24)28/h1-16H,17-18,27-28H2. The molecule has 0 fully saturated rings. The fourth-order valence-electron chi connectivity index (χ4n) is 3.37. The summed E-state index contributed by atoms with van der Waals surface area (Å²) in [4.78, 5) is 0. The molecule has 144 valence electrons. The van der Waals surface area contributed by atoms with Gasteiger partial charge >= 0.3 is 0 Å². The topological polar surface area (TPSA) is 61.3 Å². The van der Waals surface area contributed by atoms with Gasteiger partial charge in [-0.15, -0.1) is 0 Å². The lowest BCUT2D eigenvalue weighted by molar-refractivity contribution is 0.107. The number of ether oxygens (including phenoxy) is 1. The highest BCUT2D eigenvalue weighted by molar-refractivity contribution is 5.77. The maximum atomic E-state index is 6.06. The van der Waals surface area contributed by atoms with Gasteiger partial charge in [-0.3, -0.25) is 0 Å². The van der Waals surface area contributed by atoms with Gasteiger partial charge in [0.05, 0.1) is 13.2 Å². The van der Waals surface area contributed by atoms with Gasteiger partial charge in [0.25, 0.3) is 0 Å². The summed E-state index contributed by atoms with van der Waals surface area (Å²) in [7, 11) is 0. The molecule has 4 aromatic carbocycles. The number of benzene rings is 4. The van der Waals surface area contributed by atoms with Gasteiger partial charge in [0.2, 0.25) is 0 Å². The van der Waals surface area contributed by atoms with Crippen LogP contribution < -0.4 is 11.5 Å². The third kappa shape index (κ3) is 4.48. The molecule has 0 saturated heterocycles. The first-order chi connectivity index (χ1) is 14.2. The van der Waals surface area contributed by atoms with E-state index in [4.69, 9.17) is 16.2 Å². The van der Waals surface area contributed by atoms with Crippen LogP contribution in [0.4, 0.5) is 11.4 Å². The molecule has 0 aromatic heterocycles. The van der Waals surface area contributed by atoms with Crippen LogP contribution in [0.15, 0.2) is 97.1 Å². The van der Waals surface area contributed by atoms with Gasteiger partial charge in [-0.25, -0.2) is 0 Å². The van der Waals surface area contributed by atoms with E-state index in [1.165, 1.54) is 0 Å². The molecular formula is C26H24N2O. The van der Waals surface area contributed by atoms with Crippen LogP contribution in [0.25, 0.3) is 22.3 Å². The number of nitrogens with two attached hydrogens (primary N) is 2. The zero-order valence-corrected chi connectivity index (χ0v) is 16.2. The van der Waals surface area contributed by atoms with Crippen LogP contribution in [0.3, 0.4) is 0 Å². The molecule has 0 atom stereocenters. The van der Waals surface area contributed by atoms with Crippen molar-refractivity contribution in [2.24, 2.45) is 0 Å². The van der Waals surface area contributed by atoms with Crippen molar-refractivity contribution in [1.82, 2.24) is 0 Å². The van der Waals surface area contributed by atoms with Crippen LogP contribution in [0.2, 0.25) is 0 Å². The molecule has 0 unspecified atom stereocenters. The van der Waals surface area contributed by atoms with E-state index in [1.807, 2.05) is 48.5 Å². The van der Waals surface area contributed by atoms with Gasteiger partial charge < -0.3 is 16.2 Å². The number of hydrogen-bond donors (Lipinski definition) is 2. The quantitative estimate of drug-likeness (QED) is 0.409. The first-order valence-electron chi connectivity index (χ1n) is 9.66. The summed E-state index contributed by atoms with van der Waals surface area (Å²) < 4.78 is 5.89. The third-order valence-electron chi connectivity index (χ3n) is 4.99. The highest BCUT2D eigenvalue weighted by Gasteiger charge is 2.04. The Labute approximate surface area is 171 Å². The smallest absolute Gasteiger partial charge is 0.0721 e. The lowest BCUT2D eigenvalue weighted by atomic mass is 10.0. The van der Waals surface area contributed by atoms with Crippen molar-refractivity contribution in [3.8, 4) is 22.3 Å². The van der Waals surface area contributed by atoms with Gasteiger partial charge in [0, 0.05) is 22.5 Å². The van der Waals surface area contributed by atoms with Crippen molar-refractivity contribution >= 4 is 11.4 Å². The maximum absolute atomic E-state index is 6.06. The van der Waals surface area contributed by atoms with Crippen LogP contribution in [-0.4, -0.2) is 0 Å². The lowest BCUT2D eigenvalue weighted by Crippen LogP contribution is -1.95. The summed E-state index contributed by atoms with van der Waals surface area (Å²) in [6, 6.07) is 32.5. The maximum Gasteiger partial charge on any atom is 0.0721 e. The minimum Gasteiger partial charge on any atom is -0.398 e. The highest BCUT2D eigenvalue weighted by atomic mass is 16.5. The zero-order chi connectivity index (χ0) is 20.1. The van der Waals surface area contributed by atoms with E-state index in [1.54, 1.807) is 0 Å². The average Bonchev–Trinajstić information content (AvgIpc) is 2.76. The van der Waals surface area contributed by atoms with Crippen molar-refractivity contribution in [2.75, 3.05) is 11.5 Å². The Morgan fingerprint density at radius 1 is 0.483 bits per heavy atom. The van der Waals surface area contributed by atoms with E-state index >= 15 is 0 Å². The summed E-state index contributed by atoms with van der Waals surface area (Å²) in [5.74, 6) is 0. The molecule has 0 aliphatic heterocycles. The highest BCUT2D eigenvalue weighted by Crippen LogP contribution is 2.27. The lowest BCUT2D eigenvalue weighted by Gasteiger charge is -2.09. The molecule has 0 radical (unpaired) electrons. The molecule has 0 heterocycles. The van der Waals surface area contributed by atoms with Crippen LogP contribution in [-0.2, 0) is 18.0 Å². The van der Waals surface area contributed by atoms with Crippen molar-refractivity contribution in [1.29, 1.82) is 0 Å². The summed E-state index contributed by atoms with van der Waals surface area (Å²) in [6.07, 6.45) is 0. The Bertz CT molecular complexity index is 997. The van der Waals surface area contributed by atoms with Crippen molar-refractivity contribution in [2.45, 2.75) is 13.2 Å². The summed E-state index contributed by atoms with van der Waals surface area (Å²) in [6.45, 7) is 1.13. The first kappa shape index (κ1) is 18.8. The number of nitrogen functional groups attached to an aromatic ring is 2. The summed E-state index contributed by atoms with van der Waals surface area (Å²) in [5, 5.41) is 0. The first-order valence-corrected chi connectivity index (χ1v) is 9.66. The molecule has 0 aliphatic rings. The minimum absolute atomic E-state index is 0.567. The molecule has 3 heteroatoms. The molecule has 29 heavy (non-hydrogen) atoms. The zero-order valence-electron chi connectivity index (χ0n) is 16.2. The predicted octanol–water partition coefficient (Wildman–Crippen LogP) is 5.90. The Balaban J connectivity index is 1.34. The van der Waals surface area contributed by atoms with Gasteiger partial charge in [-0.2, -0.15) is 0 Å². The molecule has 0 aliphatic carbocycles. The second-order valence-electron chi connectivity index (χ2n) is 7.06. The van der Waals surface area contributed by atoms with Gasteiger partial charge in [-0.05, 0) is 34.4 Å². The molecule has 4 aromatic rings. The van der Waals surface area contributed by atoms with Gasteiger partial charge in [-0.1, -0.05) is 84.9 Å². The number of rotatable bonds is 6. The van der Waals surface area contributed by atoms with Crippen LogP contribution in [0.1, 0.15) is 11.1 Å². The molecular weight excluding hydrogens is 356 g/mol. The van der Waals surface area contributed by atoms with Crippen LogP contribution in [0, 0.1) is 0 Å². The molecule has 0 amide bonds. The van der Waals surface area contributed by atoms with E-state index in [2.05, 4.69) is 48.5 Å². The summed E-state index contributed by atoms with van der Waals surface area (Å²) >= 11 is 0. The normalized spacial score (nSPS) is 10.8. The van der Waals surface area contributed by atoms with Gasteiger partial charge in [0.1, 0.15) is 0 Å². The van der Waals surface area contributed by atoms with E-state index in [-0.39, 0.29) is 0 Å². The number of hydrogen-bond acceptors (Lipinski definition) is 3. The summed E-state index contributed by atoms with van der Waals surface area (Å²) in [5.41, 5.74) is 20.3. The van der Waals surface area contributed by atoms with Crippen LogP contribution in [0.5, 0.6) is 0 Å². The second-order valence-corrected chi connectivity index (χ2v) is 7.06. The fraction of sp³-hybridized carbons (Fsp3) is 0.0769. The van der Waals surface area contributed by atoms with Gasteiger partial charge in [0.15, 0.2) is 0 Å². The fourth-order valence-corrected chi connectivity index (χ4v) is 3.37. The second kappa shape index (κ2) is 8.63. The Hall–Kier alpha value is -3.56. The number of para-hydroxylation sites is 2. The Morgan fingerprint density at radius 2 is 0.862 bits per heavy atom. The Morgan fingerprint density at radius 3 is 1.24 bits per heavy atom. The number of anilines is 2. The van der Waals surface area contributed by atoms with E-state index in [0.717, 1.165) is 44.8 Å². The molecule has 0 saturated carbocycles. The average molecular weight is 380 g/mol. The van der Waals surface area contributed by atoms with Crippen molar-refractivity contribution < 1.29 is 4.74 Å². The predicted molar refractivity (Wildman–Crippen MR) is 121 cm³/mol. The van der Waals surface area contributed by atoms with Crippen molar-refractivity contribution in [3.63, 3.8) is 0 Å². The molecule has 3 nitrogen and oxygen atoms in total. The van der Waals surface area contributed by atoms with E-state index < -0.39 is 0 Å². The van der Waals surface area contributed by atoms with E-state index in [0.29, 0.717) is 13.2 Å². The molecule has 4 N–H and O–H groups in total. The molecule has 0 bridgehead atoms. The molecule has 0 spiro atoms. The largest absolute Gasteiger partial charge is 0.398 e. The Kier molecular flexibility index (Phi) is 5.59. The monoisotopic (exact) mass is 380 g/mol. The molecule has 4 rings (SSSR count). The van der Waals surface area contributed by atoms with E-state index in [9.17, 15) is 0 Å². The third-order valence-corrected chi connectivity index (χ3v) is 4.99. The minimum atomic E-state index is 0.567. The van der Waals surface area contributed by atoms with Crippen molar-refractivity contribution in [3.05, 3.63) is 108 Å². The van der Waals surface area contributed by atoms with Crippen LogP contribution >= 0.6 is 0 Å².